The second-order valence-electron chi connectivity index (χ2n) is 3.46. The fourth-order valence-electron chi connectivity index (χ4n) is 1.13. The molecule has 0 aliphatic carbocycles. The summed E-state index contributed by atoms with van der Waals surface area (Å²) in [5, 5.41) is 13.0. The number of aliphatic hydroxyl groups is 1. The SMILES string of the molecule is C.C=C.CN[C@@H](CSPP)C(=O)NC(C)CCOC.CO. The van der Waals surface area contributed by atoms with Crippen LogP contribution in [0, 0.1) is 0 Å². The lowest BCUT2D eigenvalue weighted by molar-refractivity contribution is -0.123. The molecule has 3 N–H and O–H groups in total. The van der Waals surface area contributed by atoms with E-state index < -0.39 is 0 Å². The maximum atomic E-state index is 11.8. The van der Waals surface area contributed by atoms with E-state index in [1.807, 2.05) is 14.0 Å². The molecular formula is C13H34N2O3P2S. The van der Waals surface area contributed by atoms with Crippen LogP contribution in [0.15, 0.2) is 13.2 Å². The largest absolute Gasteiger partial charge is 0.400 e. The molecule has 3 unspecified atom stereocenters. The first-order valence-electron chi connectivity index (χ1n) is 6.14. The number of hydrogen-bond donors (Lipinski definition) is 3. The number of methoxy groups -OCH3 is 1. The quantitative estimate of drug-likeness (QED) is 0.435. The minimum absolute atomic E-state index is 0. The Morgan fingerprint density at radius 2 is 2.00 bits per heavy atom. The molecule has 0 rings (SSSR count). The fraction of sp³-hybridized carbons (Fsp3) is 0.769. The van der Waals surface area contributed by atoms with E-state index in [0.717, 1.165) is 26.8 Å². The Hall–Kier alpha value is 0.300. The highest BCUT2D eigenvalue weighted by Gasteiger charge is 2.17. The molecule has 4 atom stereocenters. The first-order valence-corrected chi connectivity index (χ1v) is 10.7. The van der Waals surface area contributed by atoms with Gasteiger partial charge >= 0.3 is 0 Å². The van der Waals surface area contributed by atoms with Crippen molar-refractivity contribution in [2.75, 3.05) is 33.6 Å². The van der Waals surface area contributed by atoms with Crippen LogP contribution in [0.1, 0.15) is 20.8 Å². The Labute approximate surface area is 139 Å². The van der Waals surface area contributed by atoms with Crippen molar-refractivity contribution in [2.24, 2.45) is 0 Å². The lowest BCUT2D eigenvalue weighted by Gasteiger charge is -2.19. The van der Waals surface area contributed by atoms with Gasteiger partial charge in [0.1, 0.15) is 0 Å². The molecule has 0 aliphatic heterocycles. The van der Waals surface area contributed by atoms with Crippen LogP contribution in [0.5, 0.6) is 0 Å². The predicted molar refractivity (Wildman–Crippen MR) is 104 cm³/mol. The number of rotatable bonds is 9. The molecule has 0 fully saturated rings. The van der Waals surface area contributed by atoms with Crippen LogP contribution in [-0.2, 0) is 9.53 Å². The minimum atomic E-state index is -0.108. The molecule has 0 heterocycles. The lowest BCUT2D eigenvalue weighted by atomic mass is 10.2. The van der Waals surface area contributed by atoms with Gasteiger partial charge in [0, 0.05) is 32.6 Å². The molecule has 8 heteroatoms. The van der Waals surface area contributed by atoms with Crippen LogP contribution in [0.2, 0.25) is 0 Å². The Morgan fingerprint density at radius 3 is 2.38 bits per heavy atom. The van der Waals surface area contributed by atoms with Gasteiger partial charge in [0.2, 0.25) is 5.91 Å². The number of likely N-dealkylation sites (N-methyl/N-ethyl adjacent to an activating group) is 1. The molecule has 0 radical (unpaired) electrons. The average molecular weight is 360 g/mol. The van der Waals surface area contributed by atoms with Gasteiger partial charge in [-0.15, -0.1) is 33.5 Å². The molecule has 130 valence electrons. The van der Waals surface area contributed by atoms with E-state index in [-0.39, 0.29) is 25.4 Å². The Kier molecular flexibility index (Phi) is 35.3. The van der Waals surface area contributed by atoms with Crippen LogP contribution < -0.4 is 10.6 Å². The smallest absolute Gasteiger partial charge is 0.238 e. The molecule has 21 heavy (non-hydrogen) atoms. The normalized spacial score (nSPS) is 12.1. The van der Waals surface area contributed by atoms with Crippen molar-refractivity contribution in [3.05, 3.63) is 13.2 Å². The van der Waals surface area contributed by atoms with Crippen molar-refractivity contribution in [2.45, 2.75) is 32.9 Å². The molecule has 0 aromatic carbocycles. The summed E-state index contributed by atoms with van der Waals surface area (Å²) in [6.07, 6.45) is 0.844. The van der Waals surface area contributed by atoms with Gasteiger partial charge in [-0.2, -0.15) is 0 Å². The highest BCUT2D eigenvalue weighted by Crippen LogP contribution is 2.36. The van der Waals surface area contributed by atoms with Gasteiger partial charge in [-0.25, -0.2) is 0 Å². The lowest BCUT2D eigenvalue weighted by Crippen LogP contribution is -2.47. The average Bonchev–Trinajstić information content (AvgIpc) is 2.50. The molecule has 1 amide bonds. The van der Waals surface area contributed by atoms with E-state index in [0.29, 0.717) is 6.61 Å². The van der Waals surface area contributed by atoms with Crippen LogP contribution in [-0.4, -0.2) is 56.7 Å². The van der Waals surface area contributed by atoms with Gasteiger partial charge in [0.15, 0.2) is 0 Å². The van der Waals surface area contributed by atoms with Crippen LogP contribution in [0.3, 0.4) is 0 Å². The topological polar surface area (TPSA) is 70.6 Å². The summed E-state index contributed by atoms with van der Waals surface area (Å²) in [5.41, 5.74) is 0. The summed E-state index contributed by atoms with van der Waals surface area (Å²) in [4.78, 5) is 11.8. The van der Waals surface area contributed by atoms with E-state index in [4.69, 9.17) is 9.84 Å². The number of amides is 1. The molecular weight excluding hydrogens is 326 g/mol. The van der Waals surface area contributed by atoms with Crippen molar-refractivity contribution >= 4 is 33.7 Å². The van der Waals surface area contributed by atoms with Gasteiger partial charge in [-0.3, -0.25) is 4.79 Å². The number of hydrogen-bond acceptors (Lipinski definition) is 5. The third-order valence-corrected chi connectivity index (χ3v) is 5.31. The first-order chi connectivity index (χ1) is 9.65. The van der Waals surface area contributed by atoms with Crippen LogP contribution >= 0.6 is 27.8 Å². The van der Waals surface area contributed by atoms with E-state index in [9.17, 15) is 4.79 Å². The molecule has 0 bridgehead atoms. The van der Waals surface area contributed by atoms with E-state index in [2.05, 4.69) is 32.7 Å². The van der Waals surface area contributed by atoms with E-state index in [1.54, 1.807) is 18.5 Å². The summed E-state index contributed by atoms with van der Waals surface area (Å²) in [6.45, 7) is 8.67. The molecule has 0 aromatic rings. The number of aliphatic hydroxyl groups excluding tert-OH is 1. The third-order valence-electron chi connectivity index (χ3n) is 2.14. The number of carbonyl (C=O) groups is 1. The molecule has 0 aliphatic rings. The third kappa shape index (κ3) is 20.3. The van der Waals surface area contributed by atoms with Crippen LogP contribution in [0.25, 0.3) is 0 Å². The van der Waals surface area contributed by atoms with Gasteiger partial charge in [0.25, 0.3) is 0 Å². The zero-order valence-electron chi connectivity index (χ0n) is 12.9. The van der Waals surface area contributed by atoms with Gasteiger partial charge in [-0.05, 0) is 27.9 Å². The summed E-state index contributed by atoms with van der Waals surface area (Å²) < 4.78 is 4.97. The maximum Gasteiger partial charge on any atom is 0.238 e. The molecule has 0 spiro atoms. The Morgan fingerprint density at radius 1 is 1.48 bits per heavy atom. The summed E-state index contributed by atoms with van der Waals surface area (Å²) in [6, 6.07) is 0.0507. The molecule has 0 saturated carbocycles. The highest BCUT2D eigenvalue weighted by atomic mass is 32.9. The summed E-state index contributed by atoms with van der Waals surface area (Å²) in [7, 11) is 7.89. The second-order valence-corrected chi connectivity index (χ2v) is 8.01. The highest BCUT2D eigenvalue weighted by molar-refractivity contribution is 8.64. The predicted octanol–water partition coefficient (Wildman–Crippen LogP) is 2.28. The van der Waals surface area contributed by atoms with Gasteiger partial charge in [-0.1, -0.05) is 7.43 Å². The van der Waals surface area contributed by atoms with Crippen molar-refractivity contribution < 1.29 is 14.6 Å². The zero-order chi connectivity index (χ0) is 16.4. The van der Waals surface area contributed by atoms with Crippen molar-refractivity contribution in [3.63, 3.8) is 0 Å². The van der Waals surface area contributed by atoms with E-state index >= 15 is 0 Å². The Balaban J connectivity index is -0.000000264. The standard InChI is InChI=1S/C9H22N2O2P2S.C2H4.CH4O.CH4/c1-7(4-5-13-3)11-9(12)8(10-2)6-16-15-14;2*1-2;/h7-8,10,15H,4-6,14H2,1-3H3,(H,11,12);1-2H2;2H,1H3;1H4/t7?,8-;;;/m0.../s1. The van der Waals surface area contributed by atoms with Gasteiger partial charge < -0.3 is 20.5 Å². The van der Waals surface area contributed by atoms with Gasteiger partial charge in [0.05, 0.1) is 6.04 Å². The number of ether oxygens (including phenoxy) is 1. The second kappa shape index (κ2) is 25.3. The summed E-state index contributed by atoms with van der Waals surface area (Å²) in [5.74, 6) is 0.878. The monoisotopic (exact) mass is 360 g/mol. The molecule has 0 aromatic heterocycles. The van der Waals surface area contributed by atoms with Crippen molar-refractivity contribution in [3.8, 4) is 0 Å². The minimum Gasteiger partial charge on any atom is -0.400 e. The Bertz CT molecular complexity index is 216. The molecule has 0 saturated heterocycles. The van der Waals surface area contributed by atoms with Crippen molar-refractivity contribution in [1.82, 2.24) is 10.6 Å². The number of carbonyl (C=O) groups excluding carboxylic acids is 1. The fourth-order valence-corrected chi connectivity index (χ4v) is 3.37. The number of nitrogens with one attached hydrogen (secondary N) is 2. The zero-order valence-corrected chi connectivity index (χ0v) is 15.9. The maximum absolute atomic E-state index is 11.8. The summed E-state index contributed by atoms with van der Waals surface area (Å²) >= 11 is 1.76. The van der Waals surface area contributed by atoms with Crippen molar-refractivity contribution in [1.29, 1.82) is 0 Å². The molecule has 5 nitrogen and oxygen atoms in total. The first kappa shape index (κ1) is 29.3. The van der Waals surface area contributed by atoms with E-state index in [1.165, 1.54) is 0 Å². The van der Waals surface area contributed by atoms with Crippen LogP contribution in [0.4, 0.5) is 0 Å².